The van der Waals surface area contributed by atoms with Gasteiger partial charge in [-0.2, -0.15) is 0 Å². The summed E-state index contributed by atoms with van der Waals surface area (Å²) in [5.74, 6) is -2.10. The monoisotopic (exact) mass is 453 g/mol. The third-order valence-electron chi connectivity index (χ3n) is 6.47. The number of carbonyl (C=O) groups is 3. The smallest absolute Gasteiger partial charge is 0.276 e. The van der Waals surface area contributed by atoms with Gasteiger partial charge < -0.3 is 5.32 Å². The summed E-state index contributed by atoms with van der Waals surface area (Å²) in [6, 6.07) is 11.7. The Bertz CT molecular complexity index is 1260. The van der Waals surface area contributed by atoms with E-state index >= 15 is 0 Å². The number of hydrogen-bond donors (Lipinski definition) is 1. The summed E-state index contributed by atoms with van der Waals surface area (Å²) in [6.45, 7) is 1.45. The Labute approximate surface area is 188 Å². The number of hydrogen-bond acceptors (Lipinski definition) is 3. The molecule has 0 spiro atoms. The van der Waals surface area contributed by atoms with Crippen molar-refractivity contribution in [1.29, 1.82) is 0 Å². The fourth-order valence-electron chi connectivity index (χ4n) is 4.75. The maximum absolute atomic E-state index is 13.9. The number of fused-ring (bicyclic) bond motifs is 3. The molecule has 1 unspecified atom stereocenters. The highest BCUT2D eigenvalue weighted by Gasteiger charge is 2.55. The second-order valence-electron chi connectivity index (χ2n) is 8.52. The Balaban J connectivity index is 1.70. The van der Waals surface area contributed by atoms with Crippen LogP contribution >= 0.6 is 11.6 Å². The van der Waals surface area contributed by atoms with E-state index in [2.05, 4.69) is 5.32 Å². The van der Waals surface area contributed by atoms with Gasteiger partial charge in [-0.1, -0.05) is 24.4 Å². The highest BCUT2D eigenvalue weighted by atomic mass is 35.5. The van der Waals surface area contributed by atoms with E-state index in [1.807, 2.05) is 0 Å². The van der Waals surface area contributed by atoms with Gasteiger partial charge in [0.2, 0.25) is 5.54 Å². The standard InChI is InChI=1S/C24H21ClFN3O3/c1-24(22(31)27-17-4-2-3-5-17)23(32)28-19-11-6-15(25)12-14(19)13-20(28)21(30)29(24)18-9-7-16(26)8-10-18/h6-13,17H,2-5H2,1H3,(H,27,31). The molecular formula is C24H21ClFN3O3. The fraction of sp³-hybridized carbons (Fsp3) is 0.292. The van der Waals surface area contributed by atoms with Crippen LogP contribution in [-0.2, 0) is 4.79 Å². The molecule has 2 heterocycles. The van der Waals surface area contributed by atoms with Gasteiger partial charge in [-0.05, 0) is 68.3 Å². The van der Waals surface area contributed by atoms with E-state index in [-0.39, 0.29) is 17.4 Å². The van der Waals surface area contributed by atoms with E-state index in [1.54, 1.807) is 24.3 Å². The van der Waals surface area contributed by atoms with Crippen molar-refractivity contribution in [3.05, 3.63) is 65.1 Å². The van der Waals surface area contributed by atoms with Crippen molar-refractivity contribution >= 4 is 45.9 Å². The lowest BCUT2D eigenvalue weighted by atomic mass is 9.92. The van der Waals surface area contributed by atoms with E-state index in [1.165, 1.54) is 40.7 Å². The largest absolute Gasteiger partial charge is 0.351 e. The van der Waals surface area contributed by atoms with E-state index in [9.17, 15) is 18.8 Å². The summed E-state index contributed by atoms with van der Waals surface area (Å²) in [5.41, 5.74) is -0.955. The maximum Gasteiger partial charge on any atom is 0.276 e. The summed E-state index contributed by atoms with van der Waals surface area (Å²) in [7, 11) is 0. The predicted molar refractivity (Wildman–Crippen MR) is 120 cm³/mol. The summed E-state index contributed by atoms with van der Waals surface area (Å²) in [5, 5.41) is 4.06. The summed E-state index contributed by atoms with van der Waals surface area (Å²) >= 11 is 6.11. The average Bonchev–Trinajstić information content (AvgIpc) is 3.41. The van der Waals surface area contributed by atoms with E-state index < -0.39 is 29.1 Å². The van der Waals surface area contributed by atoms with Crippen LogP contribution in [0.15, 0.2) is 48.5 Å². The maximum atomic E-state index is 13.9. The molecule has 1 N–H and O–H groups in total. The Morgan fingerprint density at radius 1 is 1.09 bits per heavy atom. The predicted octanol–water partition coefficient (Wildman–Crippen LogP) is 4.55. The minimum Gasteiger partial charge on any atom is -0.351 e. The Morgan fingerprint density at radius 2 is 1.78 bits per heavy atom. The molecule has 6 nitrogen and oxygen atoms in total. The van der Waals surface area contributed by atoms with E-state index in [4.69, 9.17) is 11.6 Å². The first-order valence-corrected chi connectivity index (χ1v) is 11.0. The second-order valence-corrected chi connectivity index (χ2v) is 8.95. The van der Waals surface area contributed by atoms with E-state index in [0.29, 0.717) is 15.9 Å². The van der Waals surface area contributed by atoms with Crippen molar-refractivity contribution in [3.63, 3.8) is 0 Å². The molecule has 2 amide bonds. The molecular weight excluding hydrogens is 433 g/mol. The van der Waals surface area contributed by atoms with Crippen LogP contribution in [0.3, 0.4) is 0 Å². The van der Waals surface area contributed by atoms with Crippen molar-refractivity contribution < 1.29 is 18.8 Å². The van der Waals surface area contributed by atoms with Gasteiger partial charge in [-0.25, -0.2) is 4.39 Å². The number of halogens is 2. The molecule has 1 aliphatic heterocycles. The summed E-state index contributed by atoms with van der Waals surface area (Å²) in [6.07, 6.45) is 3.67. The molecule has 1 atom stereocenters. The van der Waals surface area contributed by atoms with Crippen LogP contribution in [-0.4, -0.2) is 33.9 Å². The topological polar surface area (TPSA) is 71.4 Å². The van der Waals surface area contributed by atoms with Crippen LogP contribution in [0.4, 0.5) is 10.1 Å². The third-order valence-corrected chi connectivity index (χ3v) is 6.71. The average molecular weight is 454 g/mol. The van der Waals surface area contributed by atoms with Gasteiger partial charge in [0.15, 0.2) is 0 Å². The molecule has 0 saturated heterocycles. The lowest BCUT2D eigenvalue weighted by molar-refractivity contribution is -0.125. The minimum atomic E-state index is -1.85. The van der Waals surface area contributed by atoms with Gasteiger partial charge in [-0.3, -0.25) is 23.9 Å². The SMILES string of the molecule is CC1(C(=O)NC2CCCC2)C(=O)n2c(cc3cc(Cl)ccc32)C(=O)N1c1ccc(F)cc1. The first kappa shape index (κ1) is 20.7. The number of nitrogens with zero attached hydrogens (tertiary/aromatic N) is 2. The molecule has 1 aromatic heterocycles. The fourth-order valence-corrected chi connectivity index (χ4v) is 4.93. The Morgan fingerprint density at radius 3 is 2.47 bits per heavy atom. The number of nitrogens with one attached hydrogen (secondary N) is 1. The van der Waals surface area contributed by atoms with Crippen LogP contribution in [0, 0.1) is 5.82 Å². The summed E-state index contributed by atoms with van der Waals surface area (Å²) in [4.78, 5) is 42.4. The number of amides is 2. The number of benzene rings is 2. The van der Waals surface area contributed by atoms with Crippen LogP contribution in [0.25, 0.3) is 10.9 Å². The second kappa shape index (κ2) is 7.45. The van der Waals surface area contributed by atoms with Crippen molar-refractivity contribution in [2.24, 2.45) is 0 Å². The molecule has 5 rings (SSSR count). The zero-order valence-corrected chi connectivity index (χ0v) is 18.2. The Kier molecular flexibility index (Phi) is 4.82. The highest BCUT2D eigenvalue weighted by Crippen LogP contribution is 2.37. The quantitative estimate of drug-likeness (QED) is 0.591. The van der Waals surface area contributed by atoms with Gasteiger partial charge in [0.1, 0.15) is 11.5 Å². The molecule has 32 heavy (non-hydrogen) atoms. The molecule has 0 bridgehead atoms. The lowest BCUT2D eigenvalue weighted by Crippen LogP contribution is -2.69. The van der Waals surface area contributed by atoms with Crippen molar-refractivity contribution in [1.82, 2.24) is 9.88 Å². The van der Waals surface area contributed by atoms with Crippen LogP contribution < -0.4 is 10.2 Å². The molecule has 2 aromatic carbocycles. The van der Waals surface area contributed by atoms with Gasteiger partial charge >= 0.3 is 0 Å². The molecule has 2 aliphatic rings. The van der Waals surface area contributed by atoms with E-state index in [0.717, 1.165) is 25.7 Å². The molecule has 1 aliphatic carbocycles. The highest BCUT2D eigenvalue weighted by molar-refractivity contribution is 6.32. The summed E-state index contributed by atoms with van der Waals surface area (Å²) < 4.78 is 14.9. The number of anilines is 1. The molecule has 8 heteroatoms. The first-order valence-electron chi connectivity index (χ1n) is 10.6. The molecule has 1 fully saturated rings. The normalized spacial score (nSPS) is 21.3. The van der Waals surface area contributed by atoms with Crippen molar-refractivity contribution in [2.75, 3.05) is 4.90 Å². The zero-order valence-electron chi connectivity index (χ0n) is 17.4. The van der Waals surface area contributed by atoms with Gasteiger partial charge in [-0.15, -0.1) is 0 Å². The first-order chi connectivity index (χ1) is 15.3. The van der Waals surface area contributed by atoms with Gasteiger partial charge in [0.25, 0.3) is 17.7 Å². The van der Waals surface area contributed by atoms with Crippen LogP contribution in [0.2, 0.25) is 5.02 Å². The minimum absolute atomic E-state index is 0.0427. The third kappa shape index (κ3) is 3.03. The number of rotatable bonds is 3. The lowest BCUT2D eigenvalue weighted by Gasteiger charge is -2.42. The van der Waals surface area contributed by atoms with Crippen molar-refractivity contribution in [3.8, 4) is 0 Å². The van der Waals surface area contributed by atoms with Crippen LogP contribution in [0.5, 0.6) is 0 Å². The van der Waals surface area contributed by atoms with Crippen LogP contribution in [0.1, 0.15) is 47.9 Å². The Hall–Kier alpha value is -3.19. The van der Waals surface area contributed by atoms with Gasteiger partial charge in [0, 0.05) is 22.1 Å². The molecule has 0 radical (unpaired) electrons. The number of aromatic nitrogens is 1. The molecule has 1 saturated carbocycles. The van der Waals surface area contributed by atoms with Gasteiger partial charge in [0.05, 0.1) is 5.52 Å². The zero-order chi connectivity index (χ0) is 22.6. The molecule has 3 aromatic rings. The molecule has 164 valence electrons. The number of carbonyl (C=O) groups excluding carboxylic acids is 3. The van der Waals surface area contributed by atoms with Crippen molar-refractivity contribution in [2.45, 2.75) is 44.2 Å².